The molecule has 0 aromatic rings. The molecule has 2 fully saturated rings. The van der Waals surface area contributed by atoms with Crippen LogP contribution in [0.5, 0.6) is 0 Å². The largest absolute Gasteiger partial charge is 0.331 e. The van der Waals surface area contributed by atoms with Crippen molar-refractivity contribution in [3.8, 4) is 0 Å². The molecule has 0 aromatic heterocycles. The number of carbonyl (C=O) groups is 3. The van der Waals surface area contributed by atoms with Crippen LogP contribution in [0.1, 0.15) is 12.8 Å². The van der Waals surface area contributed by atoms with E-state index in [1.54, 1.807) is 0 Å². The molecule has 1 N–H and O–H groups in total. The fourth-order valence-corrected chi connectivity index (χ4v) is 1.44. The van der Waals surface area contributed by atoms with Crippen molar-refractivity contribution < 1.29 is 14.4 Å². The summed E-state index contributed by atoms with van der Waals surface area (Å²) >= 11 is 0. The van der Waals surface area contributed by atoms with Gasteiger partial charge in [-0.2, -0.15) is 0 Å². The monoisotopic (exact) mass is 154 g/mol. The van der Waals surface area contributed by atoms with Crippen molar-refractivity contribution in [1.82, 2.24) is 10.2 Å². The van der Waals surface area contributed by atoms with Crippen molar-refractivity contribution in [1.29, 1.82) is 0 Å². The van der Waals surface area contributed by atoms with E-state index < -0.39 is 12.1 Å². The van der Waals surface area contributed by atoms with Gasteiger partial charge >= 0.3 is 6.03 Å². The molecular formula is C6H6N2O3. The zero-order chi connectivity index (χ0) is 8.01. The second kappa shape index (κ2) is 1.81. The molecule has 0 radical (unpaired) electrons. The summed E-state index contributed by atoms with van der Waals surface area (Å²) in [5.74, 6) is -0.598. The minimum atomic E-state index is -0.567. The molecule has 5 heteroatoms. The Bertz CT molecular complexity index is 259. The van der Waals surface area contributed by atoms with E-state index in [4.69, 9.17) is 0 Å². The molecule has 0 spiro atoms. The lowest BCUT2D eigenvalue weighted by Gasteiger charge is -2.07. The van der Waals surface area contributed by atoms with Gasteiger partial charge in [-0.15, -0.1) is 0 Å². The van der Waals surface area contributed by atoms with Crippen molar-refractivity contribution in [3.05, 3.63) is 0 Å². The summed E-state index contributed by atoms with van der Waals surface area (Å²) in [6, 6.07) is -1.09. The lowest BCUT2D eigenvalue weighted by molar-refractivity contribution is -0.128. The number of hydrogen-bond donors (Lipinski definition) is 1. The van der Waals surface area contributed by atoms with Gasteiger partial charge in [-0.05, 0) is 6.42 Å². The first-order valence-corrected chi connectivity index (χ1v) is 3.37. The van der Waals surface area contributed by atoms with E-state index in [2.05, 4.69) is 5.32 Å². The molecule has 2 aliphatic heterocycles. The van der Waals surface area contributed by atoms with E-state index in [9.17, 15) is 14.4 Å². The SMILES string of the molecule is O=C1NC(=O)N2C(=O)CCC12. The molecule has 2 rings (SSSR count). The molecule has 1 unspecified atom stereocenters. The molecule has 11 heavy (non-hydrogen) atoms. The summed E-state index contributed by atoms with van der Waals surface area (Å²) in [5, 5.41) is 2.08. The second-order valence-electron chi connectivity index (χ2n) is 2.61. The van der Waals surface area contributed by atoms with Gasteiger partial charge in [0.05, 0.1) is 0 Å². The van der Waals surface area contributed by atoms with Crippen LogP contribution in [0.25, 0.3) is 0 Å². The maximum Gasteiger partial charge on any atom is 0.331 e. The number of nitrogens with zero attached hydrogens (tertiary/aromatic N) is 1. The van der Waals surface area contributed by atoms with Crippen molar-refractivity contribution >= 4 is 17.8 Å². The molecule has 2 heterocycles. The Morgan fingerprint density at radius 3 is 2.73 bits per heavy atom. The zero-order valence-electron chi connectivity index (χ0n) is 5.66. The number of carbonyl (C=O) groups excluding carboxylic acids is 3. The van der Waals surface area contributed by atoms with Crippen LogP contribution in [0.2, 0.25) is 0 Å². The number of imide groups is 2. The van der Waals surface area contributed by atoms with Gasteiger partial charge < -0.3 is 0 Å². The quantitative estimate of drug-likeness (QED) is 0.466. The number of amides is 4. The molecule has 2 saturated heterocycles. The Balaban J connectivity index is 2.35. The average Bonchev–Trinajstić information content (AvgIpc) is 2.41. The van der Waals surface area contributed by atoms with Crippen LogP contribution in [0, 0.1) is 0 Å². The van der Waals surface area contributed by atoms with Crippen LogP contribution in [-0.4, -0.2) is 28.8 Å². The Morgan fingerprint density at radius 1 is 1.36 bits per heavy atom. The third-order valence-electron chi connectivity index (χ3n) is 1.96. The average molecular weight is 154 g/mol. The fraction of sp³-hybridized carbons (Fsp3) is 0.500. The zero-order valence-corrected chi connectivity index (χ0v) is 5.66. The number of fused-ring (bicyclic) bond motifs is 1. The number of nitrogens with one attached hydrogen (secondary N) is 1. The van der Waals surface area contributed by atoms with E-state index in [0.717, 1.165) is 4.90 Å². The van der Waals surface area contributed by atoms with Gasteiger partial charge in [0.25, 0.3) is 5.91 Å². The van der Waals surface area contributed by atoms with E-state index in [1.165, 1.54) is 0 Å². The number of rotatable bonds is 0. The van der Waals surface area contributed by atoms with Crippen LogP contribution >= 0.6 is 0 Å². The Hall–Kier alpha value is -1.39. The molecule has 5 nitrogen and oxygen atoms in total. The van der Waals surface area contributed by atoms with Crippen molar-refractivity contribution in [2.24, 2.45) is 0 Å². The summed E-state index contributed by atoms with van der Waals surface area (Å²) < 4.78 is 0. The normalized spacial score (nSPS) is 29.3. The molecule has 0 bridgehead atoms. The van der Waals surface area contributed by atoms with E-state index in [0.29, 0.717) is 12.8 Å². The molecule has 4 amide bonds. The van der Waals surface area contributed by atoms with Gasteiger partial charge in [-0.1, -0.05) is 0 Å². The molecular weight excluding hydrogens is 148 g/mol. The first-order chi connectivity index (χ1) is 5.20. The van der Waals surface area contributed by atoms with E-state index in [-0.39, 0.29) is 11.8 Å². The fourth-order valence-electron chi connectivity index (χ4n) is 1.44. The maximum absolute atomic E-state index is 10.9. The minimum absolute atomic E-state index is 0.252. The molecule has 1 atom stereocenters. The molecule has 58 valence electrons. The summed E-state index contributed by atoms with van der Waals surface area (Å²) in [5.41, 5.74) is 0. The molecule has 0 aromatic carbocycles. The highest BCUT2D eigenvalue weighted by atomic mass is 16.2. The Morgan fingerprint density at radius 2 is 2.09 bits per heavy atom. The molecule has 0 saturated carbocycles. The van der Waals surface area contributed by atoms with Gasteiger partial charge in [-0.25, -0.2) is 4.79 Å². The highest BCUT2D eigenvalue weighted by Gasteiger charge is 2.46. The summed E-state index contributed by atoms with van der Waals surface area (Å²) in [7, 11) is 0. The standard InChI is InChI=1S/C6H6N2O3/c9-4-2-1-3-5(10)7-6(11)8(3)4/h3H,1-2H2,(H,7,10,11). The highest BCUT2D eigenvalue weighted by molar-refractivity contribution is 6.13. The van der Waals surface area contributed by atoms with Crippen LogP contribution in [0.3, 0.4) is 0 Å². The smallest absolute Gasteiger partial charge is 0.276 e. The molecule has 0 aliphatic carbocycles. The second-order valence-corrected chi connectivity index (χ2v) is 2.61. The Labute approximate surface area is 62.3 Å². The maximum atomic E-state index is 10.9. The van der Waals surface area contributed by atoms with Gasteiger partial charge in [0.2, 0.25) is 5.91 Å². The third kappa shape index (κ3) is 0.675. The van der Waals surface area contributed by atoms with Crippen LogP contribution in [0.15, 0.2) is 0 Å². The van der Waals surface area contributed by atoms with Gasteiger partial charge in [0.15, 0.2) is 0 Å². The van der Waals surface area contributed by atoms with E-state index in [1.807, 2.05) is 0 Å². The lowest BCUT2D eigenvalue weighted by atomic mass is 10.2. The summed E-state index contributed by atoms with van der Waals surface area (Å²) in [6.07, 6.45) is 0.778. The van der Waals surface area contributed by atoms with Gasteiger partial charge in [0, 0.05) is 6.42 Å². The van der Waals surface area contributed by atoms with Crippen LogP contribution in [0.4, 0.5) is 4.79 Å². The van der Waals surface area contributed by atoms with Crippen molar-refractivity contribution in [2.75, 3.05) is 0 Å². The highest BCUT2D eigenvalue weighted by Crippen LogP contribution is 2.22. The summed E-state index contributed by atoms with van der Waals surface area (Å²) in [4.78, 5) is 33.7. The van der Waals surface area contributed by atoms with Gasteiger partial charge in [-0.3, -0.25) is 19.8 Å². The molecule has 2 aliphatic rings. The topological polar surface area (TPSA) is 66.5 Å². The predicted octanol–water partition coefficient (Wildman–Crippen LogP) is -0.773. The van der Waals surface area contributed by atoms with Crippen LogP contribution < -0.4 is 5.32 Å². The van der Waals surface area contributed by atoms with Crippen LogP contribution in [-0.2, 0) is 9.59 Å². The Kier molecular flexibility index (Phi) is 1.04. The predicted molar refractivity (Wildman–Crippen MR) is 33.4 cm³/mol. The first-order valence-electron chi connectivity index (χ1n) is 3.37. The first kappa shape index (κ1) is 6.33. The third-order valence-corrected chi connectivity index (χ3v) is 1.96. The summed E-state index contributed by atoms with van der Waals surface area (Å²) in [6.45, 7) is 0. The van der Waals surface area contributed by atoms with Crippen molar-refractivity contribution in [3.63, 3.8) is 0 Å². The van der Waals surface area contributed by atoms with E-state index >= 15 is 0 Å². The van der Waals surface area contributed by atoms with Gasteiger partial charge in [0.1, 0.15) is 6.04 Å². The lowest BCUT2D eigenvalue weighted by Crippen LogP contribution is -2.32. The van der Waals surface area contributed by atoms with Crippen molar-refractivity contribution in [2.45, 2.75) is 18.9 Å². The number of hydrogen-bond acceptors (Lipinski definition) is 3. The minimum Gasteiger partial charge on any atom is -0.276 e. The number of urea groups is 1.